The molecule has 0 unspecified atom stereocenters. The largest absolute Gasteiger partial charge is 0.356 e. The van der Waals surface area contributed by atoms with E-state index in [9.17, 15) is 0 Å². The molecule has 0 atom stereocenters. The minimum absolute atomic E-state index is 0.655. The molecule has 0 N–H and O–H groups in total. The molecule has 1 heterocycles. The van der Waals surface area contributed by atoms with Gasteiger partial charge >= 0.3 is 0 Å². The summed E-state index contributed by atoms with van der Waals surface area (Å²) in [5.74, 6) is 0. The van der Waals surface area contributed by atoms with E-state index in [1.165, 1.54) is 5.56 Å². The number of halogens is 2. The number of rotatable bonds is 3. The third kappa shape index (κ3) is 2.53. The Hall–Kier alpha value is -1.32. The maximum atomic E-state index is 5.94. The van der Waals surface area contributed by atoms with Crippen molar-refractivity contribution in [2.75, 3.05) is 5.33 Å². The number of nitrogens with zero attached hydrogens (tertiary/aromatic N) is 1. The van der Waals surface area contributed by atoms with Crippen LogP contribution in [0.4, 0.5) is 0 Å². The lowest BCUT2D eigenvalue weighted by Gasteiger charge is -2.00. The van der Waals surface area contributed by atoms with Crippen molar-refractivity contribution in [3.05, 3.63) is 53.1 Å². The highest BCUT2D eigenvalue weighted by atomic mass is 79.9. The number of aryl methyl sites for hydroxylation is 1. The van der Waals surface area contributed by atoms with Crippen molar-refractivity contribution in [1.82, 2.24) is 5.16 Å². The molecular weight excluding hydrogens is 326 g/mol. The van der Waals surface area contributed by atoms with Gasteiger partial charge in [0.15, 0.2) is 5.58 Å². The van der Waals surface area contributed by atoms with E-state index >= 15 is 0 Å². The van der Waals surface area contributed by atoms with Crippen LogP contribution in [0.1, 0.15) is 5.56 Å². The zero-order chi connectivity index (χ0) is 13.2. The normalized spacial score (nSPS) is 11.1. The Labute approximate surface area is 124 Å². The number of aromatic nitrogens is 1. The molecule has 0 fully saturated rings. The Morgan fingerprint density at radius 3 is 2.63 bits per heavy atom. The van der Waals surface area contributed by atoms with Crippen LogP contribution >= 0.6 is 27.5 Å². The average molecular weight is 337 g/mol. The molecule has 4 heteroatoms. The smallest absolute Gasteiger partial charge is 0.169 e. The molecule has 0 radical (unpaired) electrons. The molecule has 96 valence electrons. The Balaban J connectivity index is 2.04. The van der Waals surface area contributed by atoms with Gasteiger partial charge in [-0.1, -0.05) is 57.0 Å². The number of hydrogen-bond donors (Lipinski definition) is 0. The summed E-state index contributed by atoms with van der Waals surface area (Å²) in [5, 5.41) is 6.75. The first-order valence-electron chi connectivity index (χ1n) is 5.98. The molecule has 0 aliphatic heterocycles. The highest BCUT2D eigenvalue weighted by molar-refractivity contribution is 9.09. The van der Waals surface area contributed by atoms with Crippen LogP contribution in [0.25, 0.3) is 22.2 Å². The van der Waals surface area contributed by atoms with Crippen molar-refractivity contribution in [2.24, 2.45) is 0 Å². The topological polar surface area (TPSA) is 26.0 Å². The summed E-state index contributed by atoms with van der Waals surface area (Å²) in [4.78, 5) is 0. The summed E-state index contributed by atoms with van der Waals surface area (Å²) >= 11 is 9.38. The van der Waals surface area contributed by atoms with Crippen LogP contribution in [0.3, 0.4) is 0 Å². The van der Waals surface area contributed by atoms with Gasteiger partial charge in [0.25, 0.3) is 0 Å². The maximum Gasteiger partial charge on any atom is 0.169 e. The van der Waals surface area contributed by atoms with Gasteiger partial charge in [-0.15, -0.1) is 0 Å². The summed E-state index contributed by atoms with van der Waals surface area (Å²) in [6.45, 7) is 0. The number of alkyl halides is 1. The summed E-state index contributed by atoms with van der Waals surface area (Å²) in [6, 6.07) is 14.0. The second kappa shape index (κ2) is 5.35. The first-order valence-corrected chi connectivity index (χ1v) is 7.48. The molecule has 3 aromatic rings. The number of fused-ring (bicyclic) bond motifs is 1. The van der Waals surface area contributed by atoms with Gasteiger partial charge in [-0.3, -0.25) is 0 Å². The first kappa shape index (κ1) is 12.7. The minimum Gasteiger partial charge on any atom is -0.356 e. The molecule has 0 aliphatic rings. The van der Waals surface area contributed by atoms with Gasteiger partial charge < -0.3 is 4.52 Å². The molecule has 2 nitrogen and oxygen atoms in total. The molecule has 0 bridgehead atoms. The monoisotopic (exact) mass is 335 g/mol. The number of hydrogen-bond acceptors (Lipinski definition) is 2. The van der Waals surface area contributed by atoms with Crippen molar-refractivity contribution in [2.45, 2.75) is 6.42 Å². The SMILES string of the molecule is Clc1ccc2c(-c3ccc(CCBr)cc3)noc2c1. The van der Waals surface area contributed by atoms with E-state index < -0.39 is 0 Å². The van der Waals surface area contributed by atoms with E-state index in [-0.39, 0.29) is 0 Å². The van der Waals surface area contributed by atoms with E-state index in [0.717, 1.165) is 28.4 Å². The first-order chi connectivity index (χ1) is 9.28. The van der Waals surface area contributed by atoms with E-state index in [0.29, 0.717) is 10.6 Å². The fourth-order valence-corrected chi connectivity index (χ4v) is 2.68. The standard InChI is InChI=1S/C15H11BrClNO/c16-8-7-10-1-3-11(4-2-10)15-13-6-5-12(17)9-14(13)19-18-15/h1-6,9H,7-8H2. The molecule has 3 rings (SSSR count). The van der Waals surface area contributed by atoms with E-state index in [1.54, 1.807) is 6.07 Å². The van der Waals surface area contributed by atoms with Crippen molar-refractivity contribution in [3.8, 4) is 11.3 Å². The molecular formula is C15H11BrClNO. The summed E-state index contributed by atoms with van der Waals surface area (Å²) in [5.41, 5.74) is 3.93. The van der Waals surface area contributed by atoms with Crippen LogP contribution < -0.4 is 0 Å². The van der Waals surface area contributed by atoms with Crippen LogP contribution in [0.2, 0.25) is 5.02 Å². The Bertz CT molecular complexity index is 706. The molecule has 0 saturated heterocycles. The van der Waals surface area contributed by atoms with E-state index in [4.69, 9.17) is 16.1 Å². The van der Waals surface area contributed by atoms with Crippen LogP contribution in [0, 0.1) is 0 Å². The minimum atomic E-state index is 0.655. The zero-order valence-electron chi connectivity index (χ0n) is 10.1. The highest BCUT2D eigenvalue weighted by Crippen LogP contribution is 2.29. The molecule has 0 saturated carbocycles. The average Bonchev–Trinajstić information content (AvgIpc) is 2.83. The Morgan fingerprint density at radius 2 is 1.89 bits per heavy atom. The number of benzene rings is 2. The lowest BCUT2D eigenvalue weighted by atomic mass is 10.1. The predicted octanol–water partition coefficient (Wildman–Crippen LogP) is 5.09. The quantitative estimate of drug-likeness (QED) is 0.623. The van der Waals surface area contributed by atoms with Gasteiger partial charge in [0.05, 0.1) is 0 Å². The van der Waals surface area contributed by atoms with Gasteiger partial charge in [-0.2, -0.15) is 0 Å². The summed E-state index contributed by atoms with van der Waals surface area (Å²) in [7, 11) is 0. The van der Waals surface area contributed by atoms with Crippen molar-refractivity contribution < 1.29 is 4.52 Å². The Kier molecular flexibility index (Phi) is 3.58. The second-order valence-corrected chi connectivity index (χ2v) is 5.54. The second-order valence-electron chi connectivity index (χ2n) is 4.31. The van der Waals surface area contributed by atoms with Crippen LogP contribution in [0.5, 0.6) is 0 Å². The van der Waals surface area contributed by atoms with E-state index in [2.05, 4.69) is 45.4 Å². The lowest BCUT2D eigenvalue weighted by Crippen LogP contribution is -1.85. The molecule has 0 spiro atoms. The summed E-state index contributed by atoms with van der Waals surface area (Å²) in [6.07, 6.45) is 1.02. The third-order valence-electron chi connectivity index (χ3n) is 3.04. The third-order valence-corrected chi connectivity index (χ3v) is 3.68. The maximum absolute atomic E-state index is 5.94. The lowest BCUT2D eigenvalue weighted by molar-refractivity contribution is 0.459. The van der Waals surface area contributed by atoms with Gasteiger partial charge in [0, 0.05) is 27.4 Å². The highest BCUT2D eigenvalue weighted by Gasteiger charge is 2.10. The van der Waals surface area contributed by atoms with Crippen molar-refractivity contribution >= 4 is 38.5 Å². The molecule has 2 aromatic carbocycles. The fourth-order valence-electron chi connectivity index (χ4n) is 2.06. The van der Waals surface area contributed by atoms with Crippen LogP contribution in [-0.4, -0.2) is 10.5 Å². The zero-order valence-corrected chi connectivity index (χ0v) is 12.4. The Morgan fingerprint density at radius 1 is 1.11 bits per heavy atom. The molecule has 0 amide bonds. The fraction of sp³-hybridized carbons (Fsp3) is 0.133. The van der Waals surface area contributed by atoms with Gasteiger partial charge in [-0.05, 0) is 24.1 Å². The van der Waals surface area contributed by atoms with Gasteiger partial charge in [-0.25, -0.2) is 0 Å². The summed E-state index contributed by atoms with van der Waals surface area (Å²) < 4.78 is 5.32. The van der Waals surface area contributed by atoms with Gasteiger partial charge in [0.1, 0.15) is 5.69 Å². The molecule has 19 heavy (non-hydrogen) atoms. The predicted molar refractivity (Wildman–Crippen MR) is 82.0 cm³/mol. The molecule has 0 aliphatic carbocycles. The van der Waals surface area contributed by atoms with Crippen LogP contribution in [0.15, 0.2) is 47.0 Å². The van der Waals surface area contributed by atoms with Crippen LogP contribution in [-0.2, 0) is 6.42 Å². The van der Waals surface area contributed by atoms with Gasteiger partial charge in [0.2, 0.25) is 0 Å². The van der Waals surface area contributed by atoms with E-state index in [1.807, 2.05) is 12.1 Å². The van der Waals surface area contributed by atoms with Crippen molar-refractivity contribution in [3.63, 3.8) is 0 Å². The molecule has 1 aromatic heterocycles. The van der Waals surface area contributed by atoms with Crippen molar-refractivity contribution in [1.29, 1.82) is 0 Å².